The van der Waals surface area contributed by atoms with Crippen molar-refractivity contribution < 1.29 is 4.79 Å². The molecule has 6 nitrogen and oxygen atoms in total. The molecule has 2 rings (SSSR count). The van der Waals surface area contributed by atoms with Crippen molar-refractivity contribution in [2.45, 2.75) is 58.5 Å². The summed E-state index contributed by atoms with van der Waals surface area (Å²) in [4.78, 5) is 18.6. The Morgan fingerprint density at radius 3 is 2.46 bits per heavy atom. The average Bonchev–Trinajstić information content (AvgIpc) is 2.85. The van der Waals surface area contributed by atoms with E-state index in [0.29, 0.717) is 18.0 Å². The minimum Gasteiger partial charge on any atom is -0.356 e. The monoisotopic (exact) mass is 337 g/mol. The molecule has 0 aromatic carbocycles. The predicted octanol–water partition coefficient (Wildman–Crippen LogP) is 1.19. The van der Waals surface area contributed by atoms with E-state index in [1.807, 2.05) is 7.05 Å². The lowest BCUT2D eigenvalue weighted by atomic mass is 9.85. The second-order valence-electron chi connectivity index (χ2n) is 7.55. The molecule has 0 spiro atoms. The van der Waals surface area contributed by atoms with E-state index in [-0.39, 0.29) is 11.8 Å². The predicted molar refractivity (Wildman–Crippen MR) is 99.1 cm³/mol. The maximum absolute atomic E-state index is 11.8. The van der Waals surface area contributed by atoms with Gasteiger partial charge < -0.3 is 16.0 Å². The summed E-state index contributed by atoms with van der Waals surface area (Å²) >= 11 is 0. The molecule has 1 aliphatic carbocycles. The number of hydrogen-bond donors (Lipinski definition) is 3. The van der Waals surface area contributed by atoms with Crippen LogP contribution in [0, 0.1) is 11.8 Å². The van der Waals surface area contributed by atoms with Crippen LogP contribution in [-0.2, 0) is 4.79 Å². The summed E-state index contributed by atoms with van der Waals surface area (Å²) in [5.41, 5.74) is 0. The molecule has 0 radical (unpaired) electrons. The van der Waals surface area contributed by atoms with E-state index in [1.165, 1.54) is 6.42 Å². The van der Waals surface area contributed by atoms with Crippen molar-refractivity contribution in [3.05, 3.63) is 0 Å². The maximum Gasteiger partial charge on any atom is 0.223 e. The van der Waals surface area contributed by atoms with E-state index in [4.69, 9.17) is 0 Å². The number of rotatable bonds is 7. The van der Waals surface area contributed by atoms with E-state index in [1.54, 1.807) is 0 Å². The van der Waals surface area contributed by atoms with Crippen LogP contribution >= 0.6 is 0 Å². The lowest BCUT2D eigenvalue weighted by Crippen LogP contribution is -2.47. The summed E-state index contributed by atoms with van der Waals surface area (Å²) in [6.45, 7) is 10.6. The summed E-state index contributed by atoms with van der Waals surface area (Å²) < 4.78 is 0. The van der Waals surface area contributed by atoms with Gasteiger partial charge in [-0.15, -0.1) is 0 Å². The fourth-order valence-corrected chi connectivity index (χ4v) is 3.31. The van der Waals surface area contributed by atoms with Crippen molar-refractivity contribution in [3.8, 4) is 0 Å². The molecule has 138 valence electrons. The van der Waals surface area contributed by atoms with Gasteiger partial charge in [0.1, 0.15) is 0 Å². The first kappa shape index (κ1) is 19.0. The number of carbonyl (C=O) groups excluding carboxylic acids is 1. The van der Waals surface area contributed by atoms with Crippen LogP contribution in [0.4, 0.5) is 0 Å². The zero-order chi connectivity index (χ0) is 17.5. The third kappa shape index (κ3) is 5.36. The van der Waals surface area contributed by atoms with E-state index in [2.05, 4.69) is 46.6 Å². The van der Waals surface area contributed by atoms with E-state index >= 15 is 0 Å². The Kier molecular flexibility index (Phi) is 7.34. The Balaban J connectivity index is 1.61. The van der Waals surface area contributed by atoms with Crippen LogP contribution in [0.25, 0.3) is 0 Å². The highest BCUT2D eigenvalue weighted by Crippen LogP contribution is 2.26. The second-order valence-corrected chi connectivity index (χ2v) is 7.55. The first-order chi connectivity index (χ1) is 11.5. The van der Waals surface area contributed by atoms with Gasteiger partial charge in [-0.05, 0) is 39.0 Å². The van der Waals surface area contributed by atoms with E-state index in [0.717, 1.165) is 51.4 Å². The van der Waals surface area contributed by atoms with E-state index in [9.17, 15) is 4.79 Å². The molecule has 2 unspecified atom stereocenters. The van der Waals surface area contributed by atoms with E-state index < -0.39 is 0 Å². The van der Waals surface area contributed by atoms with Crippen molar-refractivity contribution in [1.29, 1.82) is 0 Å². The fourth-order valence-electron chi connectivity index (χ4n) is 3.31. The Hall–Kier alpha value is -1.30. The van der Waals surface area contributed by atoms with Crippen molar-refractivity contribution >= 4 is 11.9 Å². The number of hydrogen-bond acceptors (Lipinski definition) is 3. The standard InChI is InChI=1S/C18H35N5O/c1-13(2)23-11-14(3)16(12-23)22-18(19-4)21-10-6-9-20-17(24)15-7-5-8-15/h13-16H,5-12H2,1-4H3,(H,20,24)(H2,19,21,22). The number of nitrogens with one attached hydrogen (secondary N) is 3. The summed E-state index contributed by atoms with van der Waals surface area (Å²) in [6.07, 6.45) is 4.24. The van der Waals surface area contributed by atoms with Crippen LogP contribution in [0.15, 0.2) is 4.99 Å². The van der Waals surface area contributed by atoms with Crippen molar-refractivity contribution in [2.24, 2.45) is 16.8 Å². The molecule has 2 atom stereocenters. The Bertz CT molecular complexity index is 433. The van der Waals surface area contributed by atoms with Crippen LogP contribution in [-0.4, -0.2) is 62.1 Å². The number of guanidine groups is 1. The molecular formula is C18H35N5O. The van der Waals surface area contributed by atoms with Gasteiger partial charge in [0, 0.05) is 51.2 Å². The summed E-state index contributed by atoms with van der Waals surface area (Å²) in [5.74, 6) is 1.99. The quantitative estimate of drug-likeness (QED) is 0.371. The molecule has 1 heterocycles. The smallest absolute Gasteiger partial charge is 0.223 e. The molecule has 0 bridgehead atoms. The lowest BCUT2D eigenvalue weighted by molar-refractivity contribution is -0.127. The number of aliphatic imine (C=N–C) groups is 1. The van der Waals surface area contributed by atoms with Crippen molar-refractivity contribution in [1.82, 2.24) is 20.9 Å². The SMILES string of the molecule is CN=C(NCCCNC(=O)C1CCC1)NC1CN(C(C)C)CC1C. The summed E-state index contributed by atoms with van der Waals surface area (Å²) in [5, 5.41) is 9.94. The van der Waals surface area contributed by atoms with Gasteiger partial charge in [0.15, 0.2) is 5.96 Å². The van der Waals surface area contributed by atoms with Gasteiger partial charge in [-0.2, -0.15) is 0 Å². The lowest BCUT2D eigenvalue weighted by Gasteiger charge is -2.24. The molecule has 2 fully saturated rings. The molecule has 6 heteroatoms. The summed E-state index contributed by atoms with van der Waals surface area (Å²) in [7, 11) is 1.81. The number of nitrogens with zero attached hydrogens (tertiary/aromatic N) is 2. The molecule has 0 aromatic heterocycles. The molecular weight excluding hydrogens is 302 g/mol. The summed E-state index contributed by atoms with van der Waals surface area (Å²) in [6, 6.07) is 1.03. The van der Waals surface area contributed by atoms with Crippen LogP contribution in [0.5, 0.6) is 0 Å². The highest BCUT2D eigenvalue weighted by Gasteiger charge is 2.31. The molecule has 2 aliphatic rings. The number of amides is 1. The fraction of sp³-hybridized carbons (Fsp3) is 0.889. The Morgan fingerprint density at radius 1 is 1.21 bits per heavy atom. The topological polar surface area (TPSA) is 68.8 Å². The Morgan fingerprint density at radius 2 is 1.92 bits per heavy atom. The van der Waals surface area contributed by atoms with Gasteiger partial charge in [-0.3, -0.25) is 14.7 Å². The zero-order valence-corrected chi connectivity index (χ0v) is 15.8. The molecule has 24 heavy (non-hydrogen) atoms. The van der Waals surface area contributed by atoms with Gasteiger partial charge in [0.05, 0.1) is 0 Å². The minimum atomic E-state index is 0.234. The number of carbonyl (C=O) groups is 1. The third-order valence-corrected chi connectivity index (χ3v) is 5.34. The van der Waals surface area contributed by atoms with Crippen LogP contribution in [0.3, 0.4) is 0 Å². The maximum atomic E-state index is 11.8. The third-order valence-electron chi connectivity index (χ3n) is 5.34. The highest BCUT2D eigenvalue weighted by atomic mass is 16.1. The zero-order valence-electron chi connectivity index (χ0n) is 15.8. The van der Waals surface area contributed by atoms with Gasteiger partial charge in [0.2, 0.25) is 5.91 Å². The van der Waals surface area contributed by atoms with Crippen LogP contribution in [0.1, 0.15) is 46.5 Å². The van der Waals surface area contributed by atoms with Crippen molar-refractivity contribution in [3.63, 3.8) is 0 Å². The molecule has 1 saturated heterocycles. The minimum absolute atomic E-state index is 0.234. The van der Waals surface area contributed by atoms with Crippen LogP contribution < -0.4 is 16.0 Å². The average molecular weight is 338 g/mol. The number of likely N-dealkylation sites (tertiary alicyclic amines) is 1. The van der Waals surface area contributed by atoms with Crippen LogP contribution in [0.2, 0.25) is 0 Å². The highest BCUT2D eigenvalue weighted by molar-refractivity contribution is 5.80. The molecule has 0 aromatic rings. The van der Waals surface area contributed by atoms with Crippen molar-refractivity contribution in [2.75, 3.05) is 33.2 Å². The largest absolute Gasteiger partial charge is 0.356 e. The molecule has 1 aliphatic heterocycles. The van der Waals surface area contributed by atoms with Gasteiger partial charge in [-0.1, -0.05) is 13.3 Å². The normalized spacial score (nSPS) is 25.6. The van der Waals surface area contributed by atoms with Gasteiger partial charge in [-0.25, -0.2) is 0 Å². The molecule has 3 N–H and O–H groups in total. The molecule has 1 amide bonds. The molecule has 1 saturated carbocycles. The first-order valence-corrected chi connectivity index (χ1v) is 9.50. The van der Waals surface area contributed by atoms with Gasteiger partial charge in [0.25, 0.3) is 0 Å². The second kappa shape index (κ2) is 9.25. The Labute approximate surface area is 146 Å². The first-order valence-electron chi connectivity index (χ1n) is 9.50. The van der Waals surface area contributed by atoms with Gasteiger partial charge >= 0.3 is 0 Å².